The van der Waals surface area contributed by atoms with Crippen molar-refractivity contribution in [3.63, 3.8) is 0 Å². The standard InChI is InChI=1S/C23H36ClN3O3.HI/c1-3-25-22(27-10-7-19(16-27)17-30-14-13-28-2)26-18-23(8-11-29-12-9-23)20-5-4-6-21(24)15-20;/h4-6,15,19H,3,7-14,16-18H2,1-2H3,(H,25,26);1H. The molecule has 2 heterocycles. The van der Waals surface area contributed by atoms with Gasteiger partial charge >= 0.3 is 0 Å². The fraction of sp³-hybridized carbons (Fsp3) is 0.696. The molecule has 2 aliphatic rings. The molecule has 0 amide bonds. The Kier molecular flexibility index (Phi) is 11.9. The molecule has 0 spiro atoms. The minimum Gasteiger partial charge on any atom is -0.382 e. The van der Waals surface area contributed by atoms with E-state index in [2.05, 4.69) is 29.3 Å². The van der Waals surface area contributed by atoms with E-state index in [1.54, 1.807) is 7.11 Å². The molecule has 1 aromatic rings. The second-order valence-corrected chi connectivity index (χ2v) is 8.68. The molecule has 0 saturated carbocycles. The predicted molar refractivity (Wildman–Crippen MR) is 137 cm³/mol. The molecule has 2 aliphatic heterocycles. The molecule has 1 unspecified atom stereocenters. The minimum atomic E-state index is -0.0216. The zero-order valence-corrected chi connectivity index (χ0v) is 21.9. The van der Waals surface area contributed by atoms with Crippen LogP contribution in [0.3, 0.4) is 0 Å². The molecule has 1 atom stereocenters. The Bertz CT molecular complexity index is 686. The van der Waals surface area contributed by atoms with Crippen LogP contribution in [0.4, 0.5) is 0 Å². The Morgan fingerprint density at radius 2 is 2.13 bits per heavy atom. The van der Waals surface area contributed by atoms with Gasteiger partial charge in [0.25, 0.3) is 0 Å². The van der Waals surface area contributed by atoms with E-state index in [4.69, 9.17) is 30.8 Å². The van der Waals surface area contributed by atoms with Crippen LogP contribution in [0.25, 0.3) is 0 Å². The molecule has 1 N–H and O–H groups in total. The third kappa shape index (κ3) is 7.74. The number of ether oxygens (including phenoxy) is 3. The first-order valence-electron chi connectivity index (χ1n) is 11.1. The summed E-state index contributed by atoms with van der Waals surface area (Å²) in [7, 11) is 1.70. The van der Waals surface area contributed by atoms with E-state index in [-0.39, 0.29) is 29.4 Å². The number of rotatable bonds is 9. The highest BCUT2D eigenvalue weighted by atomic mass is 127. The predicted octanol–water partition coefficient (Wildman–Crippen LogP) is 3.96. The largest absolute Gasteiger partial charge is 0.382 e. The highest BCUT2D eigenvalue weighted by Gasteiger charge is 2.35. The van der Waals surface area contributed by atoms with Crippen LogP contribution < -0.4 is 5.32 Å². The lowest BCUT2D eigenvalue weighted by molar-refractivity contribution is 0.0527. The van der Waals surface area contributed by atoms with Crippen molar-refractivity contribution in [1.82, 2.24) is 10.2 Å². The lowest BCUT2D eigenvalue weighted by atomic mass is 9.74. The molecule has 2 saturated heterocycles. The van der Waals surface area contributed by atoms with Crippen molar-refractivity contribution < 1.29 is 14.2 Å². The van der Waals surface area contributed by atoms with Gasteiger partial charge in [0.15, 0.2) is 5.96 Å². The molecule has 3 rings (SSSR count). The van der Waals surface area contributed by atoms with Crippen molar-refractivity contribution in [3.8, 4) is 0 Å². The van der Waals surface area contributed by atoms with E-state index >= 15 is 0 Å². The van der Waals surface area contributed by atoms with E-state index in [9.17, 15) is 0 Å². The van der Waals surface area contributed by atoms with Crippen molar-refractivity contribution in [1.29, 1.82) is 0 Å². The Labute approximate surface area is 209 Å². The summed E-state index contributed by atoms with van der Waals surface area (Å²) >= 11 is 6.31. The summed E-state index contributed by atoms with van der Waals surface area (Å²) in [5.41, 5.74) is 1.25. The molecule has 0 radical (unpaired) electrons. The molecular weight excluding hydrogens is 529 g/mol. The van der Waals surface area contributed by atoms with E-state index in [0.717, 1.165) is 76.2 Å². The van der Waals surface area contributed by atoms with Crippen molar-refractivity contribution in [3.05, 3.63) is 34.9 Å². The van der Waals surface area contributed by atoms with Gasteiger partial charge in [-0.2, -0.15) is 0 Å². The van der Waals surface area contributed by atoms with E-state index in [1.807, 2.05) is 12.1 Å². The number of benzene rings is 1. The monoisotopic (exact) mass is 565 g/mol. The average molecular weight is 566 g/mol. The zero-order valence-electron chi connectivity index (χ0n) is 18.8. The van der Waals surface area contributed by atoms with Gasteiger partial charge in [0.2, 0.25) is 0 Å². The first kappa shape index (κ1) is 26.6. The third-order valence-electron chi connectivity index (χ3n) is 6.12. The summed E-state index contributed by atoms with van der Waals surface area (Å²) in [6, 6.07) is 8.25. The van der Waals surface area contributed by atoms with Gasteiger partial charge in [0.1, 0.15) is 0 Å². The molecule has 31 heavy (non-hydrogen) atoms. The first-order chi connectivity index (χ1) is 14.7. The number of likely N-dealkylation sites (tertiary alicyclic amines) is 1. The fourth-order valence-corrected chi connectivity index (χ4v) is 4.51. The van der Waals surface area contributed by atoms with Crippen LogP contribution in [-0.4, -0.2) is 77.2 Å². The number of hydrogen-bond acceptors (Lipinski definition) is 4. The van der Waals surface area contributed by atoms with Gasteiger partial charge in [-0.25, -0.2) is 0 Å². The molecule has 176 valence electrons. The van der Waals surface area contributed by atoms with E-state index in [1.165, 1.54) is 5.56 Å². The molecule has 0 aromatic heterocycles. The van der Waals surface area contributed by atoms with Crippen LogP contribution in [-0.2, 0) is 19.6 Å². The Morgan fingerprint density at radius 3 is 2.84 bits per heavy atom. The molecule has 0 aliphatic carbocycles. The second kappa shape index (κ2) is 13.8. The summed E-state index contributed by atoms with van der Waals surface area (Å²) in [4.78, 5) is 7.49. The Balaban J connectivity index is 0.00000341. The summed E-state index contributed by atoms with van der Waals surface area (Å²) in [6.45, 7) is 9.33. The number of nitrogens with one attached hydrogen (secondary N) is 1. The average Bonchev–Trinajstić information content (AvgIpc) is 3.24. The SMILES string of the molecule is CCNC(=NCC1(c2cccc(Cl)c2)CCOCC1)N1CCC(COCCOC)C1.I. The van der Waals surface area contributed by atoms with Crippen molar-refractivity contribution >= 4 is 41.5 Å². The Hall–Kier alpha value is -0.610. The number of aliphatic imine (C=N–C) groups is 1. The van der Waals surface area contributed by atoms with E-state index < -0.39 is 0 Å². The third-order valence-corrected chi connectivity index (χ3v) is 6.36. The van der Waals surface area contributed by atoms with E-state index in [0.29, 0.717) is 19.1 Å². The number of hydrogen-bond donors (Lipinski definition) is 1. The summed E-state index contributed by atoms with van der Waals surface area (Å²) in [5, 5.41) is 4.28. The van der Waals surface area contributed by atoms with Crippen molar-refractivity contribution in [2.75, 3.05) is 66.3 Å². The summed E-state index contributed by atoms with van der Waals surface area (Å²) in [5.74, 6) is 1.54. The smallest absolute Gasteiger partial charge is 0.193 e. The molecule has 2 fully saturated rings. The molecule has 1 aromatic carbocycles. The maximum absolute atomic E-state index is 6.31. The molecule has 8 heteroatoms. The number of methoxy groups -OCH3 is 1. The Morgan fingerprint density at radius 1 is 1.32 bits per heavy atom. The maximum atomic E-state index is 6.31. The van der Waals surface area contributed by atoms with Crippen LogP contribution in [0.1, 0.15) is 31.7 Å². The molecule has 6 nitrogen and oxygen atoms in total. The minimum absolute atomic E-state index is 0. The maximum Gasteiger partial charge on any atom is 0.193 e. The van der Waals surface area contributed by atoms with Crippen LogP contribution in [0.15, 0.2) is 29.3 Å². The lowest BCUT2D eigenvalue weighted by Crippen LogP contribution is -2.43. The van der Waals surface area contributed by atoms with Gasteiger partial charge in [-0.1, -0.05) is 23.7 Å². The topological polar surface area (TPSA) is 55.3 Å². The number of guanidine groups is 1. The van der Waals surface area contributed by atoms with Crippen molar-refractivity contribution in [2.45, 2.75) is 31.6 Å². The highest BCUT2D eigenvalue weighted by Crippen LogP contribution is 2.36. The van der Waals surface area contributed by atoms with Crippen LogP contribution in [0.2, 0.25) is 5.02 Å². The zero-order chi connectivity index (χ0) is 21.2. The summed E-state index contributed by atoms with van der Waals surface area (Å²) < 4.78 is 16.5. The fourth-order valence-electron chi connectivity index (χ4n) is 4.32. The normalized spacial score (nSPS) is 21.1. The van der Waals surface area contributed by atoms with Crippen LogP contribution in [0, 0.1) is 5.92 Å². The van der Waals surface area contributed by atoms with Gasteiger partial charge in [-0.3, -0.25) is 4.99 Å². The molecular formula is C23H37ClIN3O3. The van der Waals surface area contributed by atoms with Gasteiger partial charge < -0.3 is 24.4 Å². The van der Waals surface area contributed by atoms with Crippen LogP contribution in [0.5, 0.6) is 0 Å². The van der Waals surface area contributed by atoms with Crippen LogP contribution >= 0.6 is 35.6 Å². The van der Waals surface area contributed by atoms with Gasteiger partial charge in [0, 0.05) is 56.3 Å². The van der Waals surface area contributed by atoms with Gasteiger partial charge in [0.05, 0.1) is 26.4 Å². The van der Waals surface area contributed by atoms with Gasteiger partial charge in [-0.05, 0) is 43.9 Å². The van der Waals surface area contributed by atoms with Crippen molar-refractivity contribution in [2.24, 2.45) is 10.9 Å². The first-order valence-corrected chi connectivity index (χ1v) is 11.5. The quantitative estimate of drug-likeness (QED) is 0.213. The highest BCUT2D eigenvalue weighted by molar-refractivity contribution is 14.0. The molecule has 0 bridgehead atoms. The lowest BCUT2D eigenvalue weighted by Gasteiger charge is -2.37. The number of halogens is 2. The van der Waals surface area contributed by atoms with Gasteiger partial charge in [-0.15, -0.1) is 24.0 Å². The summed E-state index contributed by atoms with van der Waals surface area (Å²) in [6.07, 6.45) is 3.06. The number of nitrogens with zero attached hydrogens (tertiary/aromatic N) is 2. The second-order valence-electron chi connectivity index (χ2n) is 8.24.